The highest BCUT2D eigenvalue weighted by molar-refractivity contribution is 9.10. The lowest BCUT2D eigenvalue weighted by Gasteiger charge is -2.09. The topological polar surface area (TPSA) is 50.4 Å². The summed E-state index contributed by atoms with van der Waals surface area (Å²) in [7, 11) is 1.58. The first-order valence-electron chi connectivity index (χ1n) is 6.21. The van der Waals surface area contributed by atoms with Crippen LogP contribution in [0.15, 0.2) is 46.9 Å². The molecule has 21 heavy (non-hydrogen) atoms. The third-order valence-corrected chi connectivity index (χ3v) is 3.35. The standard InChI is InChI=1S/C15H14BrFN2O2/c1-21-12-5-2-10(3-6-12)19-15(20)9-18-11-4-7-14(17)13(16)8-11/h2-8,18H,9H2,1H3,(H,19,20). The Hall–Kier alpha value is -2.08. The molecular weight excluding hydrogens is 339 g/mol. The van der Waals surface area contributed by atoms with Gasteiger partial charge in [-0.05, 0) is 58.4 Å². The molecule has 0 heterocycles. The van der Waals surface area contributed by atoms with Gasteiger partial charge in [-0.3, -0.25) is 4.79 Å². The molecule has 0 saturated heterocycles. The van der Waals surface area contributed by atoms with E-state index in [2.05, 4.69) is 26.6 Å². The molecule has 2 rings (SSSR count). The van der Waals surface area contributed by atoms with Crippen molar-refractivity contribution in [2.75, 3.05) is 24.3 Å². The Balaban J connectivity index is 1.87. The summed E-state index contributed by atoms with van der Waals surface area (Å²) < 4.78 is 18.5. The second-order valence-electron chi connectivity index (χ2n) is 4.26. The molecule has 110 valence electrons. The van der Waals surface area contributed by atoms with Gasteiger partial charge in [0, 0.05) is 11.4 Å². The Morgan fingerprint density at radius 3 is 2.48 bits per heavy atom. The molecule has 0 fully saturated rings. The van der Waals surface area contributed by atoms with Crippen LogP contribution in [-0.4, -0.2) is 19.6 Å². The summed E-state index contributed by atoms with van der Waals surface area (Å²) >= 11 is 3.09. The van der Waals surface area contributed by atoms with E-state index in [0.29, 0.717) is 15.8 Å². The molecule has 0 bridgehead atoms. The molecule has 1 amide bonds. The number of hydrogen-bond acceptors (Lipinski definition) is 3. The molecule has 0 unspecified atom stereocenters. The molecule has 0 aliphatic heterocycles. The zero-order valence-electron chi connectivity index (χ0n) is 11.3. The zero-order valence-corrected chi connectivity index (χ0v) is 12.9. The largest absolute Gasteiger partial charge is 0.497 e. The molecule has 0 atom stereocenters. The van der Waals surface area contributed by atoms with Gasteiger partial charge in [0.1, 0.15) is 11.6 Å². The van der Waals surface area contributed by atoms with Crippen molar-refractivity contribution >= 4 is 33.2 Å². The Labute approximate surface area is 130 Å². The third-order valence-electron chi connectivity index (χ3n) is 2.75. The number of hydrogen-bond donors (Lipinski definition) is 2. The Kier molecular flexibility index (Phi) is 5.16. The van der Waals surface area contributed by atoms with Crippen molar-refractivity contribution in [3.8, 4) is 5.75 Å². The Morgan fingerprint density at radius 1 is 1.19 bits per heavy atom. The molecular formula is C15H14BrFN2O2. The summed E-state index contributed by atoms with van der Waals surface area (Å²) in [6.45, 7) is 0.0874. The smallest absolute Gasteiger partial charge is 0.243 e. The van der Waals surface area contributed by atoms with Crippen LogP contribution >= 0.6 is 15.9 Å². The van der Waals surface area contributed by atoms with Gasteiger partial charge in [0.05, 0.1) is 18.1 Å². The molecule has 0 spiro atoms. The van der Waals surface area contributed by atoms with E-state index in [9.17, 15) is 9.18 Å². The number of anilines is 2. The van der Waals surface area contributed by atoms with Crippen LogP contribution in [0.2, 0.25) is 0 Å². The van der Waals surface area contributed by atoms with Gasteiger partial charge in [0.15, 0.2) is 0 Å². The van der Waals surface area contributed by atoms with Crippen molar-refractivity contribution in [1.29, 1.82) is 0 Å². The summed E-state index contributed by atoms with van der Waals surface area (Å²) in [6, 6.07) is 11.5. The molecule has 0 aliphatic rings. The average molecular weight is 353 g/mol. The predicted molar refractivity (Wildman–Crippen MR) is 84.2 cm³/mol. The highest BCUT2D eigenvalue weighted by Gasteiger charge is 2.04. The number of ether oxygens (including phenoxy) is 1. The van der Waals surface area contributed by atoms with Crippen LogP contribution < -0.4 is 15.4 Å². The maximum absolute atomic E-state index is 13.1. The number of amides is 1. The summed E-state index contributed by atoms with van der Waals surface area (Å²) in [6.07, 6.45) is 0. The molecule has 4 nitrogen and oxygen atoms in total. The van der Waals surface area contributed by atoms with Crippen LogP contribution in [0.5, 0.6) is 5.75 Å². The number of nitrogens with one attached hydrogen (secondary N) is 2. The number of methoxy groups -OCH3 is 1. The average Bonchev–Trinajstić information content (AvgIpc) is 2.49. The molecule has 0 aromatic heterocycles. The van der Waals surface area contributed by atoms with Gasteiger partial charge in [-0.1, -0.05) is 0 Å². The van der Waals surface area contributed by atoms with Crippen LogP contribution in [-0.2, 0) is 4.79 Å². The Morgan fingerprint density at radius 2 is 1.86 bits per heavy atom. The summed E-state index contributed by atoms with van der Waals surface area (Å²) in [5, 5.41) is 5.67. The lowest BCUT2D eigenvalue weighted by molar-refractivity contribution is -0.114. The summed E-state index contributed by atoms with van der Waals surface area (Å²) in [5.74, 6) is 0.186. The van der Waals surface area contributed by atoms with Gasteiger partial charge in [0.25, 0.3) is 0 Å². The van der Waals surface area contributed by atoms with Crippen molar-refractivity contribution in [2.45, 2.75) is 0 Å². The van der Waals surface area contributed by atoms with Crippen LogP contribution in [0.3, 0.4) is 0 Å². The first kappa shape index (κ1) is 15.3. The first-order chi connectivity index (χ1) is 10.1. The molecule has 6 heteroatoms. The van der Waals surface area contributed by atoms with Crippen molar-refractivity contribution < 1.29 is 13.9 Å². The van der Waals surface area contributed by atoms with Gasteiger partial charge in [-0.25, -0.2) is 4.39 Å². The molecule has 0 saturated carbocycles. The van der Waals surface area contributed by atoms with E-state index >= 15 is 0 Å². The monoisotopic (exact) mass is 352 g/mol. The van der Waals surface area contributed by atoms with E-state index in [1.807, 2.05) is 0 Å². The summed E-state index contributed by atoms with van der Waals surface area (Å²) in [4.78, 5) is 11.8. The Bertz CT molecular complexity index is 632. The van der Waals surface area contributed by atoms with Crippen LogP contribution in [0.4, 0.5) is 15.8 Å². The minimum absolute atomic E-state index is 0.0874. The SMILES string of the molecule is COc1ccc(NC(=O)CNc2ccc(F)c(Br)c2)cc1. The van der Waals surface area contributed by atoms with Gasteiger partial charge < -0.3 is 15.4 Å². The second kappa shape index (κ2) is 7.08. The van der Waals surface area contributed by atoms with Gasteiger partial charge in [-0.15, -0.1) is 0 Å². The maximum Gasteiger partial charge on any atom is 0.243 e. The molecule has 2 aromatic rings. The second-order valence-corrected chi connectivity index (χ2v) is 5.11. The van der Waals surface area contributed by atoms with Gasteiger partial charge in [0.2, 0.25) is 5.91 Å². The van der Waals surface area contributed by atoms with Crippen molar-refractivity contribution in [1.82, 2.24) is 0 Å². The van der Waals surface area contributed by atoms with Crippen LogP contribution in [0, 0.1) is 5.82 Å². The van der Waals surface area contributed by atoms with Gasteiger partial charge >= 0.3 is 0 Å². The predicted octanol–water partition coefficient (Wildman–Crippen LogP) is 3.65. The fraction of sp³-hybridized carbons (Fsp3) is 0.133. The number of halogens is 2. The molecule has 0 radical (unpaired) electrons. The number of benzene rings is 2. The van der Waals surface area contributed by atoms with Crippen LogP contribution in [0.25, 0.3) is 0 Å². The number of carbonyl (C=O) groups is 1. The van der Waals surface area contributed by atoms with Crippen molar-refractivity contribution in [3.05, 3.63) is 52.8 Å². The van der Waals surface area contributed by atoms with Crippen molar-refractivity contribution in [3.63, 3.8) is 0 Å². The quantitative estimate of drug-likeness (QED) is 0.863. The molecule has 2 N–H and O–H groups in total. The lowest BCUT2D eigenvalue weighted by Crippen LogP contribution is -2.21. The lowest BCUT2D eigenvalue weighted by atomic mass is 10.3. The van der Waals surface area contributed by atoms with E-state index in [-0.39, 0.29) is 18.3 Å². The van der Waals surface area contributed by atoms with Crippen molar-refractivity contribution in [2.24, 2.45) is 0 Å². The van der Waals surface area contributed by atoms with E-state index in [0.717, 1.165) is 5.75 Å². The highest BCUT2D eigenvalue weighted by atomic mass is 79.9. The number of carbonyl (C=O) groups excluding carboxylic acids is 1. The first-order valence-corrected chi connectivity index (χ1v) is 7.00. The van der Waals surface area contributed by atoms with Gasteiger partial charge in [-0.2, -0.15) is 0 Å². The number of rotatable bonds is 5. The minimum Gasteiger partial charge on any atom is -0.497 e. The van der Waals surface area contributed by atoms with Crippen LogP contribution in [0.1, 0.15) is 0 Å². The molecule has 2 aromatic carbocycles. The van der Waals surface area contributed by atoms with E-state index in [4.69, 9.17) is 4.74 Å². The van der Waals surface area contributed by atoms with E-state index in [1.54, 1.807) is 43.5 Å². The summed E-state index contributed by atoms with van der Waals surface area (Å²) in [5.41, 5.74) is 1.34. The fourth-order valence-electron chi connectivity index (χ4n) is 1.67. The van der Waals surface area contributed by atoms with E-state index < -0.39 is 0 Å². The normalized spacial score (nSPS) is 10.0. The highest BCUT2D eigenvalue weighted by Crippen LogP contribution is 2.20. The minimum atomic E-state index is -0.344. The van der Waals surface area contributed by atoms with E-state index in [1.165, 1.54) is 6.07 Å². The third kappa shape index (κ3) is 4.46. The fourth-order valence-corrected chi connectivity index (χ4v) is 2.05. The maximum atomic E-state index is 13.1. The molecule has 0 aliphatic carbocycles. The zero-order chi connectivity index (χ0) is 15.2.